The summed E-state index contributed by atoms with van der Waals surface area (Å²) in [5.74, 6) is 0.0978. The molecule has 0 saturated carbocycles. The highest BCUT2D eigenvalue weighted by Crippen LogP contribution is 2.20. The van der Waals surface area contributed by atoms with E-state index in [-0.39, 0.29) is 23.5 Å². The summed E-state index contributed by atoms with van der Waals surface area (Å²) in [7, 11) is -3.79. The van der Waals surface area contributed by atoms with E-state index >= 15 is 0 Å². The van der Waals surface area contributed by atoms with Gasteiger partial charge in [0.25, 0.3) is 0 Å². The molecule has 0 bridgehead atoms. The molecule has 0 spiro atoms. The van der Waals surface area contributed by atoms with Crippen molar-refractivity contribution >= 4 is 10.0 Å². The van der Waals surface area contributed by atoms with Crippen LogP contribution in [0.3, 0.4) is 0 Å². The standard InChI is InChI=1S/C14H17FN2O3S/c1-10-13(15)7-11(9-16)8-14(10)21(18,19)17-5-4-12-3-2-6-20-12/h2-3,6-8,17H,4-5,9,16H2,1H3. The Kier molecular flexibility index (Phi) is 4.76. The molecule has 114 valence electrons. The van der Waals surface area contributed by atoms with E-state index in [0.29, 0.717) is 17.7 Å². The first-order chi connectivity index (χ1) is 9.94. The molecule has 5 nitrogen and oxygen atoms in total. The Morgan fingerprint density at radius 2 is 2.14 bits per heavy atom. The van der Waals surface area contributed by atoms with Gasteiger partial charge in [-0.2, -0.15) is 0 Å². The molecule has 0 unspecified atom stereocenters. The molecular formula is C14H17FN2O3S. The second kappa shape index (κ2) is 6.38. The Morgan fingerprint density at radius 1 is 1.38 bits per heavy atom. The van der Waals surface area contributed by atoms with E-state index in [4.69, 9.17) is 10.2 Å². The first-order valence-electron chi connectivity index (χ1n) is 6.45. The van der Waals surface area contributed by atoms with Gasteiger partial charge in [-0.1, -0.05) is 0 Å². The molecule has 21 heavy (non-hydrogen) atoms. The Labute approximate surface area is 123 Å². The van der Waals surface area contributed by atoms with Gasteiger partial charge in [-0.15, -0.1) is 0 Å². The summed E-state index contributed by atoms with van der Waals surface area (Å²) in [5, 5.41) is 0. The highest BCUT2D eigenvalue weighted by molar-refractivity contribution is 7.89. The SMILES string of the molecule is Cc1c(F)cc(CN)cc1S(=O)(=O)NCCc1ccco1. The lowest BCUT2D eigenvalue weighted by atomic mass is 10.1. The fourth-order valence-electron chi connectivity index (χ4n) is 1.95. The molecule has 1 heterocycles. The molecule has 0 saturated heterocycles. The highest BCUT2D eigenvalue weighted by atomic mass is 32.2. The summed E-state index contributed by atoms with van der Waals surface area (Å²) in [6.07, 6.45) is 1.94. The molecule has 2 aromatic rings. The third kappa shape index (κ3) is 3.69. The number of hydrogen-bond acceptors (Lipinski definition) is 4. The Bertz CT molecular complexity index is 712. The molecule has 0 aliphatic heterocycles. The van der Waals surface area contributed by atoms with Gasteiger partial charge in [0.1, 0.15) is 11.6 Å². The maximum atomic E-state index is 13.7. The van der Waals surface area contributed by atoms with Crippen LogP contribution >= 0.6 is 0 Å². The van der Waals surface area contributed by atoms with Crippen LogP contribution < -0.4 is 10.5 Å². The zero-order valence-corrected chi connectivity index (χ0v) is 12.4. The summed E-state index contributed by atoms with van der Waals surface area (Å²) >= 11 is 0. The number of sulfonamides is 1. The maximum absolute atomic E-state index is 13.7. The van der Waals surface area contributed by atoms with E-state index in [2.05, 4.69) is 4.72 Å². The van der Waals surface area contributed by atoms with E-state index in [1.54, 1.807) is 12.1 Å². The average molecular weight is 312 g/mol. The smallest absolute Gasteiger partial charge is 0.240 e. The van der Waals surface area contributed by atoms with Gasteiger partial charge in [-0.05, 0) is 36.8 Å². The number of furan rings is 1. The summed E-state index contributed by atoms with van der Waals surface area (Å²) in [4.78, 5) is -0.0811. The Balaban J connectivity index is 2.17. The topological polar surface area (TPSA) is 85.3 Å². The van der Waals surface area contributed by atoms with Gasteiger partial charge in [-0.3, -0.25) is 0 Å². The van der Waals surface area contributed by atoms with Crippen molar-refractivity contribution in [1.29, 1.82) is 0 Å². The van der Waals surface area contributed by atoms with Gasteiger partial charge in [0.2, 0.25) is 10.0 Å². The third-order valence-corrected chi connectivity index (χ3v) is 4.71. The second-order valence-electron chi connectivity index (χ2n) is 4.63. The van der Waals surface area contributed by atoms with Gasteiger partial charge < -0.3 is 10.2 Å². The van der Waals surface area contributed by atoms with Gasteiger partial charge in [0, 0.05) is 25.1 Å². The van der Waals surface area contributed by atoms with Crippen molar-refractivity contribution in [2.45, 2.75) is 24.8 Å². The molecule has 0 radical (unpaired) electrons. The maximum Gasteiger partial charge on any atom is 0.240 e. The van der Waals surface area contributed by atoms with Crippen LogP contribution in [-0.4, -0.2) is 15.0 Å². The van der Waals surface area contributed by atoms with Crippen molar-refractivity contribution in [3.63, 3.8) is 0 Å². The first kappa shape index (κ1) is 15.7. The van der Waals surface area contributed by atoms with Crippen LogP contribution in [0.2, 0.25) is 0 Å². The predicted molar refractivity (Wildman–Crippen MR) is 76.6 cm³/mol. The Morgan fingerprint density at radius 3 is 2.76 bits per heavy atom. The van der Waals surface area contributed by atoms with E-state index in [1.807, 2.05) is 0 Å². The van der Waals surface area contributed by atoms with Gasteiger partial charge in [0.15, 0.2) is 0 Å². The van der Waals surface area contributed by atoms with Crippen LogP contribution in [0, 0.1) is 12.7 Å². The largest absolute Gasteiger partial charge is 0.469 e. The van der Waals surface area contributed by atoms with E-state index in [1.165, 1.54) is 25.3 Å². The number of nitrogens with one attached hydrogen (secondary N) is 1. The van der Waals surface area contributed by atoms with Crippen molar-refractivity contribution < 1.29 is 17.2 Å². The first-order valence-corrected chi connectivity index (χ1v) is 7.93. The molecular weight excluding hydrogens is 295 g/mol. The summed E-state index contributed by atoms with van der Waals surface area (Å²) < 4.78 is 45.8. The molecule has 1 aromatic carbocycles. The lowest BCUT2D eigenvalue weighted by molar-refractivity contribution is 0.505. The van der Waals surface area contributed by atoms with Crippen LogP contribution in [0.25, 0.3) is 0 Å². The molecule has 0 aliphatic rings. The highest BCUT2D eigenvalue weighted by Gasteiger charge is 2.19. The number of rotatable bonds is 6. The predicted octanol–water partition coefficient (Wildman–Crippen LogP) is 1.71. The summed E-state index contributed by atoms with van der Waals surface area (Å²) in [6, 6.07) is 6.13. The summed E-state index contributed by atoms with van der Waals surface area (Å²) in [5.41, 5.74) is 5.97. The van der Waals surface area contributed by atoms with Crippen LogP contribution in [-0.2, 0) is 23.0 Å². The fraction of sp³-hybridized carbons (Fsp3) is 0.286. The third-order valence-electron chi connectivity index (χ3n) is 3.13. The molecule has 7 heteroatoms. The van der Waals surface area contributed by atoms with Gasteiger partial charge in [-0.25, -0.2) is 17.5 Å². The van der Waals surface area contributed by atoms with Crippen molar-refractivity contribution in [3.8, 4) is 0 Å². The monoisotopic (exact) mass is 312 g/mol. The molecule has 1 aromatic heterocycles. The lowest BCUT2D eigenvalue weighted by Gasteiger charge is -2.11. The minimum absolute atomic E-state index is 0.0755. The lowest BCUT2D eigenvalue weighted by Crippen LogP contribution is -2.27. The van der Waals surface area contributed by atoms with E-state index in [9.17, 15) is 12.8 Å². The molecule has 0 atom stereocenters. The summed E-state index contributed by atoms with van der Waals surface area (Å²) in [6.45, 7) is 1.67. The van der Waals surface area contributed by atoms with Crippen molar-refractivity contribution in [3.05, 3.63) is 53.2 Å². The van der Waals surface area contributed by atoms with Gasteiger partial charge >= 0.3 is 0 Å². The molecule has 0 amide bonds. The average Bonchev–Trinajstić information content (AvgIpc) is 2.94. The number of halogens is 1. The molecule has 0 fully saturated rings. The van der Waals surface area contributed by atoms with Crippen molar-refractivity contribution in [2.24, 2.45) is 5.73 Å². The van der Waals surface area contributed by atoms with Crippen LogP contribution in [0.15, 0.2) is 39.8 Å². The minimum Gasteiger partial charge on any atom is -0.469 e. The number of benzene rings is 1. The number of nitrogens with two attached hydrogens (primary N) is 1. The second-order valence-corrected chi connectivity index (χ2v) is 6.37. The van der Waals surface area contributed by atoms with E-state index < -0.39 is 15.8 Å². The van der Waals surface area contributed by atoms with Crippen LogP contribution in [0.1, 0.15) is 16.9 Å². The van der Waals surface area contributed by atoms with Crippen LogP contribution in [0.4, 0.5) is 4.39 Å². The normalized spacial score (nSPS) is 11.8. The fourth-order valence-corrected chi connectivity index (χ4v) is 3.28. The van der Waals surface area contributed by atoms with Crippen molar-refractivity contribution in [1.82, 2.24) is 4.72 Å². The van der Waals surface area contributed by atoms with Crippen LogP contribution in [0.5, 0.6) is 0 Å². The van der Waals surface area contributed by atoms with Crippen molar-refractivity contribution in [2.75, 3.05) is 6.54 Å². The molecule has 2 rings (SSSR count). The minimum atomic E-state index is -3.79. The van der Waals surface area contributed by atoms with Gasteiger partial charge in [0.05, 0.1) is 11.2 Å². The molecule has 0 aliphatic carbocycles. The number of hydrogen-bond donors (Lipinski definition) is 2. The Hall–Kier alpha value is -1.70. The quantitative estimate of drug-likeness (QED) is 0.850. The van der Waals surface area contributed by atoms with E-state index in [0.717, 1.165) is 0 Å². The zero-order chi connectivity index (χ0) is 15.5. The molecule has 3 N–H and O–H groups in total. The zero-order valence-electron chi connectivity index (χ0n) is 11.6.